The van der Waals surface area contributed by atoms with Crippen molar-refractivity contribution >= 4 is 5.78 Å². The first-order valence-electron chi connectivity index (χ1n) is 4.75. The van der Waals surface area contributed by atoms with E-state index in [0.29, 0.717) is 30.5 Å². The Morgan fingerprint density at radius 2 is 2.29 bits per heavy atom. The van der Waals surface area contributed by atoms with Gasteiger partial charge in [0.25, 0.3) is 0 Å². The molecule has 2 rings (SSSR count). The maximum absolute atomic E-state index is 13.5. The summed E-state index contributed by atoms with van der Waals surface area (Å²) in [6.45, 7) is 0.404. The Bertz CT molecular complexity index is 376. The van der Waals surface area contributed by atoms with Gasteiger partial charge < -0.3 is 5.73 Å². The average molecular weight is 193 g/mol. The molecule has 1 aliphatic rings. The van der Waals surface area contributed by atoms with E-state index in [9.17, 15) is 9.18 Å². The molecule has 74 valence electrons. The summed E-state index contributed by atoms with van der Waals surface area (Å²) in [7, 11) is 0. The van der Waals surface area contributed by atoms with Crippen molar-refractivity contribution in [2.75, 3.05) is 6.54 Å². The van der Waals surface area contributed by atoms with Crippen molar-refractivity contribution in [1.82, 2.24) is 0 Å². The third-order valence-corrected chi connectivity index (χ3v) is 2.77. The van der Waals surface area contributed by atoms with E-state index in [4.69, 9.17) is 5.73 Å². The second-order valence-corrected chi connectivity index (χ2v) is 3.60. The monoisotopic (exact) mass is 193 g/mol. The third kappa shape index (κ3) is 1.34. The predicted octanol–water partition coefficient (Wildman–Crippen LogP) is 1.84. The first-order valence-corrected chi connectivity index (χ1v) is 4.75. The molecule has 0 saturated heterocycles. The molecule has 14 heavy (non-hydrogen) atoms. The van der Waals surface area contributed by atoms with Crippen LogP contribution in [0.3, 0.4) is 0 Å². The zero-order chi connectivity index (χ0) is 10.1. The molecule has 0 aromatic heterocycles. The second kappa shape index (κ2) is 3.50. The van der Waals surface area contributed by atoms with Gasteiger partial charge in [-0.3, -0.25) is 4.79 Å². The van der Waals surface area contributed by atoms with Crippen LogP contribution in [-0.2, 0) is 0 Å². The van der Waals surface area contributed by atoms with E-state index in [1.807, 2.05) is 0 Å². The zero-order valence-corrected chi connectivity index (χ0v) is 7.79. The lowest BCUT2D eigenvalue weighted by Crippen LogP contribution is -2.23. The van der Waals surface area contributed by atoms with Gasteiger partial charge in [-0.15, -0.1) is 0 Å². The van der Waals surface area contributed by atoms with Crippen LogP contribution in [0.15, 0.2) is 18.2 Å². The van der Waals surface area contributed by atoms with Crippen molar-refractivity contribution in [2.24, 2.45) is 5.73 Å². The molecule has 0 fully saturated rings. The fourth-order valence-electron chi connectivity index (χ4n) is 2.02. The number of halogens is 1. The predicted molar refractivity (Wildman–Crippen MR) is 51.8 cm³/mol. The Kier molecular flexibility index (Phi) is 2.33. The van der Waals surface area contributed by atoms with Crippen LogP contribution in [0.1, 0.15) is 34.7 Å². The van der Waals surface area contributed by atoms with E-state index < -0.39 is 0 Å². The zero-order valence-electron chi connectivity index (χ0n) is 7.79. The molecule has 3 heteroatoms. The number of ketones is 1. The van der Waals surface area contributed by atoms with Crippen LogP contribution in [0, 0.1) is 5.82 Å². The maximum atomic E-state index is 13.5. The fourth-order valence-corrected chi connectivity index (χ4v) is 2.02. The van der Waals surface area contributed by atoms with E-state index in [0.717, 1.165) is 0 Å². The van der Waals surface area contributed by atoms with Gasteiger partial charge in [0, 0.05) is 23.5 Å². The van der Waals surface area contributed by atoms with Crippen LogP contribution in [0.2, 0.25) is 0 Å². The number of Topliss-reactive ketones (excluding diaryl/α,β-unsaturated/α-hetero) is 1. The highest BCUT2D eigenvalue weighted by molar-refractivity contribution is 5.98. The minimum atomic E-state index is -0.300. The number of hydrogen-bond acceptors (Lipinski definition) is 2. The van der Waals surface area contributed by atoms with Crippen molar-refractivity contribution in [2.45, 2.75) is 18.8 Å². The highest BCUT2D eigenvalue weighted by atomic mass is 19.1. The second-order valence-electron chi connectivity index (χ2n) is 3.60. The summed E-state index contributed by atoms with van der Waals surface area (Å²) >= 11 is 0. The Hall–Kier alpha value is -1.22. The lowest BCUT2D eigenvalue weighted by molar-refractivity contribution is 0.0966. The van der Waals surface area contributed by atoms with Gasteiger partial charge in [-0.25, -0.2) is 4.39 Å². The molecule has 0 saturated carbocycles. The number of fused-ring (bicyclic) bond motifs is 1. The van der Waals surface area contributed by atoms with Crippen molar-refractivity contribution < 1.29 is 9.18 Å². The highest BCUT2D eigenvalue weighted by Gasteiger charge is 2.26. The number of nitrogens with two attached hydrogens (primary N) is 1. The van der Waals surface area contributed by atoms with E-state index in [1.54, 1.807) is 12.1 Å². The SMILES string of the molecule is NCC1CCC(=O)c2cccc(F)c21. The Balaban J connectivity index is 2.57. The summed E-state index contributed by atoms with van der Waals surface area (Å²) in [5.74, 6) is -0.265. The van der Waals surface area contributed by atoms with Crippen molar-refractivity contribution in [3.63, 3.8) is 0 Å². The third-order valence-electron chi connectivity index (χ3n) is 2.77. The van der Waals surface area contributed by atoms with Crippen LogP contribution in [0.4, 0.5) is 4.39 Å². The van der Waals surface area contributed by atoms with Gasteiger partial charge in [0.2, 0.25) is 0 Å². The molecule has 2 nitrogen and oxygen atoms in total. The quantitative estimate of drug-likeness (QED) is 0.739. The molecule has 1 atom stereocenters. The first kappa shape index (κ1) is 9.34. The summed E-state index contributed by atoms with van der Waals surface area (Å²) in [4.78, 5) is 11.5. The van der Waals surface area contributed by atoms with Crippen LogP contribution < -0.4 is 5.73 Å². The molecule has 0 radical (unpaired) electrons. The van der Waals surface area contributed by atoms with Gasteiger partial charge in [0.1, 0.15) is 5.82 Å². The van der Waals surface area contributed by atoms with Crippen molar-refractivity contribution in [1.29, 1.82) is 0 Å². The average Bonchev–Trinajstić information content (AvgIpc) is 2.20. The molecule has 0 aliphatic heterocycles. The van der Waals surface area contributed by atoms with E-state index in [2.05, 4.69) is 0 Å². The van der Waals surface area contributed by atoms with Crippen molar-refractivity contribution in [3.8, 4) is 0 Å². The molecule has 1 aromatic carbocycles. The van der Waals surface area contributed by atoms with Gasteiger partial charge in [-0.1, -0.05) is 12.1 Å². The highest BCUT2D eigenvalue weighted by Crippen LogP contribution is 2.32. The fraction of sp³-hybridized carbons (Fsp3) is 0.364. The molecule has 1 unspecified atom stereocenters. The first-order chi connectivity index (χ1) is 6.74. The number of carbonyl (C=O) groups is 1. The summed E-state index contributed by atoms with van der Waals surface area (Å²) in [5.41, 5.74) is 6.59. The lowest BCUT2D eigenvalue weighted by Gasteiger charge is -2.23. The van der Waals surface area contributed by atoms with E-state index in [-0.39, 0.29) is 17.5 Å². The molecule has 2 N–H and O–H groups in total. The van der Waals surface area contributed by atoms with Crippen LogP contribution >= 0.6 is 0 Å². The maximum Gasteiger partial charge on any atom is 0.163 e. The number of rotatable bonds is 1. The number of hydrogen-bond donors (Lipinski definition) is 1. The van der Waals surface area contributed by atoms with Gasteiger partial charge in [0.15, 0.2) is 5.78 Å². The number of carbonyl (C=O) groups excluding carboxylic acids is 1. The molecule has 0 amide bonds. The van der Waals surface area contributed by atoms with Gasteiger partial charge in [-0.2, -0.15) is 0 Å². The van der Waals surface area contributed by atoms with Crippen LogP contribution in [-0.4, -0.2) is 12.3 Å². The largest absolute Gasteiger partial charge is 0.330 e. The van der Waals surface area contributed by atoms with Gasteiger partial charge in [0.05, 0.1) is 0 Å². The summed E-state index contributed by atoms with van der Waals surface area (Å²) in [6.07, 6.45) is 1.15. The van der Waals surface area contributed by atoms with Crippen molar-refractivity contribution in [3.05, 3.63) is 35.1 Å². The Labute approximate surface area is 81.9 Å². The molecule has 0 heterocycles. The van der Waals surface area contributed by atoms with E-state index in [1.165, 1.54) is 6.07 Å². The van der Waals surface area contributed by atoms with E-state index >= 15 is 0 Å². The number of benzene rings is 1. The molecule has 1 aromatic rings. The molecular weight excluding hydrogens is 181 g/mol. The van der Waals surface area contributed by atoms with Crippen LogP contribution in [0.5, 0.6) is 0 Å². The minimum absolute atomic E-state index is 0.00361. The molecule has 1 aliphatic carbocycles. The van der Waals surface area contributed by atoms with Crippen LogP contribution in [0.25, 0.3) is 0 Å². The minimum Gasteiger partial charge on any atom is -0.330 e. The lowest BCUT2D eigenvalue weighted by atomic mass is 9.82. The normalized spacial score (nSPS) is 20.7. The smallest absolute Gasteiger partial charge is 0.163 e. The standard InChI is InChI=1S/C11H12FNO/c12-9-3-1-2-8-10(14)5-4-7(6-13)11(8)9/h1-3,7H,4-6,13H2. The Morgan fingerprint density at radius 3 is 3.00 bits per heavy atom. The summed E-state index contributed by atoms with van der Waals surface area (Å²) in [6, 6.07) is 4.65. The van der Waals surface area contributed by atoms with Gasteiger partial charge >= 0.3 is 0 Å². The Morgan fingerprint density at radius 1 is 1.50 bits per heavy atom. The summed E-state index contributed by atoms with van der Waals surface area (Å²) < 4.78 is 13.5. The molecular formula is C11H12FNO. The topological polar surface area (TPSA) is 43.1 Å². The summed E-state index contributed by atoms with van der Waals surface area (Å²) in [5, 5.41) is 0. The van der Waals surface area contributed by atoms with Gasteiger partial charge in [-0.05, 0) is 19.0 Å². The molecule has 0 bridgehead atoms. The molecule has 0 spiro atoms.